The first-order valence-corrected chi connectivity index (χ1v) is 14.5. The fraction of sp³-hybridized carbons (Fsp3) is 0.806. The normalized spacial score (nSPS) is 30.0. The summed E-state index contributed by atoms with van der Waals surface area (Å²) in [6, 6.07) is 4.40. The molecule has 5 unspecified atom stereocenters. The molecule has 0 nitrogen and oxygen atoms in total. The van der Waals surface area contributed by atoms with E-state index in [0.717, 1.165) is 36.2 Å². The van der Waals surface area contributed by atoms with Crippen LogP contribution in [0.15, 0.2) is 12.1 Å². The van der Waals surface area contributed by atoms with Crippen molar-refractivity contribution in [1.29, 1.82) is 0 Å². The Morgan fingerprint density at radius 3 is 2.31 bits per heavy atom. The minimum absolute atomic E-state index is 0.123. The smallest absolute Gasteiger partial charge is 0.126 e. The van der Waals surface area contributed by atoms with Gasteiger partial charge in [0.15, 0.2) is 0 Å². The van der Waals surface area contributed by atoms with Crippen molar-refractivity contribution >= 4 is 0 Å². The van der Waals surface area contributed by atoms with Crippen molar-refractivity contribution in [2.24, 2.45) is 23.7 Å². The summed E-state index contributed by atoms with van der Waals surface area (Å²) in [5.74, 6) is 4.31. The Morgan fingerprint density at radius 1 is 0.750 bits per heavy atom. The zero-order chi connectivity index (χ0) is 22.3. The Kier molecular flexibility index (Phi) is 9.13. The van der Waals surface area contributed by atoms with Crippen LogP contribution in [0.2, 0.25) is 0 Å². The Morgan fingerprint density at radius 2 is 1.47 bits per heavy atom. The third-order valence-electron chi connectivity index (χ3n) is 9.50. The van der Waals surface area contributed by atoms with Crippen LogP contribution in [0.25, 0.3) is 0 Å². The molecule has 0 aromatic heterocycles. The topological polar surface area (TPSA) is 0 Å². The molecule has 0 N–H and O–H groups in total. The monoisotopic (exact) mass is 440 g/mol. The summed E-state index contributed by atoms with van der Waals surface area (Å²) in [6.45, 7) is 4.59. The number of hydrogen-bond donors (Lipinski definition) is 0. The first kappa shape index (κ1) is 24.3. The van der Waals surface area contributed by atoms with Gasteiger partial charge in [-0.2, -0.15) is 0 Å². The molecule has 4 rings (SSSR count). The molecule has 180 valence electrons. The first-order valence-electron chi connectivity index (χ1n) is 14.5. The summed E-state index contributed by atoms with van der Waals surface area (Å²) in [4.78, 5) is 0. The van der Waals surface area contributed by atoms with Crippen molar-refractivity contribution in [2.45, 2.75) is 135 Å². The van der Waals surface area contributed by atoms with Gasteiger partial charge in [-0.05, 0) is 104 Å². The summed E-state index contributed by atoms with van der Waals surface area (Å²) in [7, 11) is 0. The lowest BCUT2D eigenvalue weighted by atomic mass is 9.63. The van der Waals surface area contributed by atoms with E-state index in [1.807, 2.05) is 6.07 Å². The predicted molar refractivity (Wildman–Crippen MR) is 136 cm³/mol. The van der Waals surface area contributed by atoms with E-state index in [1.165, 1.54) is 114 Å². The van der Waals surface area contributed by atoms with Crippen LogP contribution in [-0.2, 0) is 12.8 Å². The molecule has 0 heterocycles. The van der Waals surface area contributed by atoms with Crippen LogP contribution in [0, 0.1) is 29.5 Å². The molecule has 0 bridgehead atoms. The van der Waals surface area contributed by atoms with E-state index in [0.29, 0.717) is 11.8 Å². The van der Waals surface area contributed by atoms with E-state index >= 15 is 4.39 Å². The molecule has 1 aromatic carbocycles. The molecule has 32 heavy (non-hydrogen) atoms. The van der Waals surface area contributed by atoms with Crippen molar-refractivity contribution < 1.29 is 4.39 Å². The van der Waals surface area contributed by atoms with Crippen LogP contribution in [0.3, 0.4) is 0 Å². The summed E-state index contributed by atoms with van der Waals surface area (Å²) < 4.78 is 15.2. The predicted octanol–water partition coefficient (Wildman–Crippen LogP) is 9.78. The first-order chi connectivity index (χ1) is 15.7. The molecule has 0 spiro atoms. The van der Waals surface area contributed by atoms with Crippen LogP contribution < -0.4 is 0 Å². The Hall–Kier alpha value is -0.850. The molecular weight excluding hydrogens is 391 g/mol. The Bertz CT molecular complexity index is 707. The second-order valence-corrected chi connectivity index (χ2v) is 11.8. The summed E-state index contributed by atoms with van der Waals surface area (Å²) in [6.07, 6.45) is 24.0. The van der Waals surface area contributed by atoms with Crippen molar-refractivity contribution in [1.82, 2.24) is 0 Å². The number of benzene rings is 1. The number of rotatable bonds is 10. The van der Waals surface area contributed by atoms with Gasteiger partial charge in [-0.15, -0.1) is 0 Å². The minimum Gasteiger partial charge on any atom is -0.207 e. The van der Waals surface area contributed by atoms with Gasteiger partial charge in [-0.25, -0.2) is 4.39 Å². The van der Waals surface area contributed by atoms with Gasteiger partial charge in [-0.3, -0.25) is 0 Å². The standard InChI is InChI=1S/C31H49F/c1-3-5-7-9-11-24-13-15-28-21-29(22-31(32)30(28)19-24)27-17-16-25-18-23(10-8-6-4-2)12-14-26(25)20-27/h21-27H,3-20H2,1-2H3. The van der Waals surface area contributed by atoms with E-state index in [-0.39, 0.29) is 5.82 Å². The maximum atomic E-state index is 15.2. The molecule has 0 amide bonds. The van der Waals surface area contributed by atoms with E-state index in [4.69, 9.17) is 0 Å². The van der Waals surface area contributed by atoms with Gasteiger partial charge in [-0.1, -0.05) is 84.1 Å². The van der Waals surface area contributed by atoms with Gasteiger partial charge in [0, 0.05) is 0 Å². The molecule has 1 heteroatoms. The second-order valence-electron chi connectivity index (χ2n) is 11.8. The minimum atomic E-state index is 0.123. The number of aryl methyl sites for hydroxylation is 1. The third-order valence-corrected chi connectivity index (χ3v) is 9.50. The largest absolute Gasteiger partial charge is 0.207 e. The summed E-state index contributed by atoms with van der Waals surface area (Å²) in [5.41, 5.74) is 3.76. The molecule has 0 aliphatic heterocycles. The molecule has 0 saturated heterocycles. The van der Waals surface area contributed by atoms with Gasteiger partial charge in [0.05, 0.1) is 0 Å². The van der Waals surface area contributed by atoms with Crippen molar-refractivity contribution in [3.05, 3.63) is 34.6 Å². The molecular formula is C31H49F. The Balaban J connectivity index is 1.32. The fourth-order valence-corrected chi connectivity index (χ4v) is 7.50. The number of fused-ring (bicyclic) bond motifs is 2. The quantitative estimate of drug-likeness (QED) is 0.317. The van der Waals surface area contributed by atoms with Gasteiger partial charge < -0.3 is 0 Å². The highest BCUT2D eigenvalue weighted by Crippen LogP contribution is 2.49. The van der Waals surface area contributed by atoms with Crippen LogP contribution in [0.4, 0.5) is 4.39 Å². The summed E-state index contributed by atoms with van der Waals surface area (Å²) in [5, 5.41) is 0. The molecule has 2 saturated carbocycles. The Labute approximate surface area is 198 Å². The maximum Gasteiger partial charge on any atom is 0.126 e. The molecule has 3 aliphatic rings. The SMILES string of the molecule is CCCCCCC1CCc2cc(C3CCC4CC(CCCCC)CCC4C3)cc(F)c2C1. The molecule has 3 aliphatic carbocycles. The lowest BCUT2D eigenvalue weighted by Crippen LogP contribution is -2.30. The van der Waals surface area contributed by atoms with E-state index in [1.54, 1.807) is 0 Å². The highest BCUT2D eigenvalue weighted by Gasteiger charge is 2.36. The van der Waals surface area contributed by atoms with Crippen LogP contribution in [0.5, 0.6) is 0 Å². The van der Waals surface area contributed by atoms with Gasteiger partial charge >= 0.3 is 0 Å². The van der Waals surface area contributed by atoms with E-state index < -0.39 is 0 Å². The molecule has 1 aromatic rings. The van der Waals surface area contributed by atoms with Crippen molar-refractivity contribution in [3.8, 4) is 0 Å². The number of unbranched alkanes of at least 4 members (excludes halogenated alkanes) is 5. The highest BCUT2D eigenvalue weighted by molar-refractivity contribution is 5.37. The second kappa shape index (κ2) is 12.0. The zero-order valence-electron chi connectivity index (χ0n) is 21.1. The van der Waals surface area contributed by atoms with Gasteiger partial charge in [0.2, 0.25) is 0 Å². The van der Waals surface area contributed by atoms with Crippen LogP contribution in [0.1, 0.15) is 139 Å². The van der Waals surface area contributed by atoms with Crippen LogP contribution in [-0.4, -0.2) is 0 Å². The van der Waals surface area contributed by atoms with Crippen molar-refractivity contribution in [3.63, 3.8) is 0 Å². The lowest BCUT2D eigenvalue weighted by Gasteiger charge is -2.42. The number of halogens is 1. The summed E-state index contributed by atoms with van der Waals surface area (Å²) >= 11 is 0. The van der Waals surface area contributed by atoms with Crippen LogP contribution >= 0.6 is 0 Å². The average molecular weight is 441 g/mol. The third kappa shape index (κ3) is 6.18. The highest BCUT2D eigenvalue weighted by atomic mass is 19.1. The fourth-order valence-electron chi connectivity index (χ4n) is 7.50. The number of hydrogen-bond acceptors (Lipinski definition) is 0. The van der Waals surface area contributed by atoms with E-state index in [2.05, 4.69) is 19.9 Å². The van der Waals surface area contributed by atoms with Crippen molar-refractivity contribution in [2.75, 3.05) is 0 Å². The van der Waals surface area contributed by atoms with E-state index in [9.17, 15) is 0 Å². The lowest BCUT2D eigenvalue weighted by molar-refractivity contribution is 0.113. The molecule has 0 radical (unpaired) electrons. The average Bonchev–Trinajstić information content (AvgIpc) is 2.82. The zero-order valence-corrected chi connectivity index (χ0v) is 21.1. The molecule has 5 atom stereocenters. The molecule has 2 fully saturated rings. The maximum absolute atomic E-state index is 15.2. The van der Waals surface area contributed by atoms with Gasteiger partial charge in [0.1, 0.15) is 5.82 Å². The van der Waals surface area contributed by atoms with Gasteiger partial charge in [0.25, 0.3) is 0 Å².